The molecule has 8 nitrogen and oxygen atoms in total. The summed E-state index contributed by atoms with van der Waals surface area (Å²) in [5.74, 6) is -1.16. The predicted octanol–water partition coefficient (Wildman–Crippen LogP) is 2.21. The summed E-state index contributed by atoms with van der Waals surface area (Å²) >= 11 is 0. The van der Waals surface area contributed by atoms with Gasteiger partial charge in [0.2, 0.25) is 0 Å². The lowest BCUT2D eigenvalue weighted by atomic mass is 10.2. The van der Waals surface area contributed by atoms with Crippen molar-refractivity contribution in [1.82, 2.24) is 5.43 Å². The first kappa shape index (κ1) is 15.2. The summed E-state index contributed by atoms with van der Waals surface area (Å²) in [5, 5.41) is 11.7. The molecule has 1 N–H and O–H groups in total. The Labute approximate surface area is 135 Å². The zero-order chi connectivity index (χ0) is 17.1. The number of hydrazine groups is 1. The van der Waals surface area contributed by atoms with Gasteiger partial charge < -0.3 is 4.42 Å². The topological polar surface area (TPSA) is 106 Å². The number of rotatable bonds is 4. The smallest absolute Gasteiger partial charge is 0.401 e. The van der Waals surface area contributed by atoms with E-state index >= 15 is 0 Å². The minimum absolute atomic E-state index is 0.0452. The summed E-state index contributed by atoms with van der Waals surface area (Å²) in [7, 11) is 0. The van der Waals surface area contributed by atoms with Crippen molar-refractivity contribution in [3.63, 3.8) is 0 Å². The highest BCUT2D eigenvalue weighted by Crippen LogP contribution is 2.20. The second kappa shape index (κ2) is 6.21. The number of allylic oxidation sites excluding steroid dienone is 2. The van der Waals surface area contributed by atoms with E-state index in [2.05, 4.69) is 5.43 Å². The van der Waals surface area contributed by atoms with Crippen LogP contribution in [0.2, 0.25) is 0 Å². The molecule has 2 heterocycles. The third kappa shape index (κ3) is 2.93. The Bertz CT molecular complexity index is 867. The normalized spacial score (nSPS) is 16.2. The lowest BCUT2D eigenvalue weighted by Crippen LogP contribution is -2.35. The second-order valence-electron chi connectivity index (χ2n) is 4.79. The lowest BCUT2D eigenvalue weighted by Gasteiger charge is -2.13. The molecule has 0 saturated carbocycles. The summed E-state index contributed by atoms with van der Waals surface area (Å²) < 4.78 is 4.94. The maximum atomic E-state index is 12.3. The van der Waals surface area contributed by atoms with Gasteiger partial charge in [-0.05, 0) is 30.4 Å². The molecular formula is C16H11N3O5. The molecule has 2 aromatic rings. The van der Waals surface area contributed by atoms with Crippen molar-refractivity contribution in [3.05, 3.63) is 76.1 Å². The van der Waals surface area contributed by atoms with E-state index in [9.17, 15) is 19.7 Å². The number of para-hydroxylation sites is 1. The van der Waals surface area contributed by atoms with Gasteiger partial charge in [-0.1, -0.05) is 24.3 Å². The quantitative estimate of drug-likeness (QED) is 0.401. The first-order valence-electron chi connectivity index (χ1n) is 6.89. The summed E-state index contributed by atoms with van der Waals surface area (Å²) in [6, 6.07) is 11.3. The van der Waals surface area contributed by atoms with Crippen molar-refractivity contribution < 1.29 is 18.9 Å². The lowest BCUT2D eigenvalue weighted by molar-refractivity contribution is -0.402. The molecule has 120 valence electrons. The molecule has 8 heteroatoms. The molecule has 1 aliphatic heterocycles. The average molecular weight is 325 g/mol. The van der Waals surface area contributed by atoms with E-state index in [0.29, 0.717) is 5.69 Å². The van der Waals surface area contributed by atoms with Gasteiger partial charge in [0, 0.05) is 0 Å². The first-order chi connectivity index (χ1) is 11.6. The second-order valence-corrected chi connectivity index (χ2v) is 4.79. The first-order valence-corrected chi connectivity index (χ1v) is 6.89. The zero-order valence-electron chi connectivity index (χ0n) is 12.2. The van der Waals surface area contributed by atoms with Gasteiger partial charge in [0.25, 0.3) is 11.8 Å². The van der Waals surface area contributed by atoms with Crippen molar-refractivity contribution in [1.29, 1.82) is 0 Å². The number of carbonyl (C=O) groups is 2. The van der Waals surface area contributed by atoms with Gasteiger partial charge in [-0.25, -0.2) is 5.01 Å². The number of nitro groups is 1. The summed E-state index contributed by atoms with van der Waals surface area (Å²) in [6.45, 7) is 0. The van der Waals surface area contributed by atoms with Crippen LogP contribution in [0.3, 0.4) is 0 Å². The number of hydrogen-bond acceptors (Lipinski definition) is 5. The van der Waals surface area contributed by atoms with Crippen LogP contribution in [0, 0.1) is 10.1 Å². The van der Waals surface area contributed by atoms with Crippen LogP contribution in [0.25, 0.3) is 6.08 Å². The van der Waals surface area contributed by atoms with E-state index in [4.69, 9.17) is 4.42 Å². The van der Waals surface area contributed by atoms with Crippen molar-refractivity contribution >= 4 is 29.5 Å². The standard InChI is InChI=1S/C16H11N3O5/c20-15-13(8-4-7-12-9-10-14(24-12)19(22)23)16(21)18(17-15)11-5-2-1-3-6-11/h1-10H,(H,17,20). The molecule has 0 atom stereocenters. The Morgan fingerprint density at radius 1 is 1.12 bits per heavy atom. The average Bonchev–Trinajstić information content (AvgIpc) is 3.15. The predicted molar refractivity (Wildman–Crippen MR) is 84.6 cm³/mol. The summed E-state index contributed by atoms with van der Waals surface area (Å²) in [5.41, 5.74) is 2.97. The van der Waals surface area contributed by atoms with Crippen LogP contribution < -0.4 is 10.4 Å². The van der Waals surface area contributed by atoms with Gasteiger partial charge in [0.1, 0.15) is 16.3 Å². The molecule has 2 amide bonds. The number of furan rings is 1. The fraction of sp³-hybridized carbons (Fsp3) is 0. The monoisotopic (exact) mass is 325 g/mol. The van der Waals surface area contributed by atoms with Gasteiger partial charge >= 0.3 is 5.88 Å². The van der Waals surface area contributed by atoms with Crippen LogP contribution in [0.5, 0.6) is 0 Å². The number of amides is 2. The molecule has 1 saturated heterocycles. The van der Waals surface area contributed by atoms with Crippen LogP contribution in [-0.4, -0.2) is 16.7 Å². The number of anilines is 1. The fourth-order valence-corrected chi connectivity index (χ4v) is 2.11. The number of hydrogen-bond donors (Lipinski definition) is 1. The van der Waals surface area contributed by atoms with E-state index in [1.165, 1.54) is 30.4 Å². The number of nitrogens with one attached hydrogen (secondary N) is 1. The molecule has 1 aliphatic rings. The molecule has 1 fully saturated rings. The van der Waals surface area contributed by atoms with Crippen LogP contribution in [0.15, 0.2) is 64.6 Å². The molecule has 1 aromatic heterocycles. The van der Waals surface area contributed by atoms with Gasteiger partial charge in [0.05, 0.1) is 11.8 Å². The molecule has 0 radical (unpaired) electrons. The third-order valence-corrected chi connectivity index (χ3v) is 3.22. The van der Waals surface area contributed by atoms with Gasteiger partial charge in [0.15, 0.2) is 0 Å². The molecular weight excluding hydrogens is 314 g/mol. The third-order valence-electron chi connectivity index (χ3n) is 3.22. The summed E-state index contributed by atoms with van der Waals surface area (Å²) in [4.78, 5) is 34.1. The van der Waals surface area contributed by atoms with Crippen molar-refractivity contribution in [2.45, 2.75) is 0 Å². The van der Waals surface area contributed by atoms with Crippen LogP contribution in [0.1, 0.15) is 5.76 Å². The van der Waals surface area contributed by atoms with Crippen molar-refractivity contribution in [2.75, 3.05) is 5.01 Å². The van der Waals surface area contributed by atoms with Crippen molar-refractivity contribution in [2.24, 2.45) is 0 Å². The highest BCUT2D eigenvalue weighted by Gasteiger charge is 2.33. The maximum Gasteiger partial charge on any atom is 0.433 e. The van der Waals surface area contributed by atoms with E-state index < -0.39 is 16.7 Å². The summed E-state index contributed by atoms with van der Waals surface area (Å²) in [6.07, 6.45) is 4.17. The van der Waals surface area contributed by atoms with E-state index in [1.807, 2.05) is 0 Å². The largest absolute Gasteiger partial charge is 0.433 e. The van der Waals surface area contributed by atoms with Crippen LogP contribution >= 0.6 is 0 Å². The molecule has 0 aliphatic carbocycles. The Kier molecular flexibility index (Phi) is 3.94. The highest BCUT2D eigenvalue weighted by molar-refractivity contribution is 6.29. The number of benzene rings is 1. The van der Waals surface area contributed by atoms with Crippen LogP contribution in [-0.2, 0) is 9.59 Å². The Morgan fingerprint density at radius 3 is 2.54 bits per heavy atom. The maximum absolute atomic E-state index is 12.3. The SMILES string of the molecule is O=C1NN(c2ccccc2)C(=O)C1=CC=Cc1ccc([N+](=O)[O-])o1. The molecule has 24 heavy (non-hydrogen) atoms. The van der Waals surface area contributed by atoms with Gasteiger partial charge in [-0.3, -0.25) is 25.1 Å². The minimum atomic E-state index is -0.651. The number of nitrogens with zero attached hydrogens (tertiary/aromatic N) is 2. The molecule has 0 spiro atoms. The van der Waals surface area contributed by atoms with E-state index in [1.54, 1.807) is 30.3 Å². The molecule has 3 rings (SSSR count). The van der Waals surface area contributed by atoms with E-state index in [-0.39, 0.29) is 17.2 Å². The Morgan fingerprint density at radius 2 is 1.88 bits per heavy atom. The van der Waals surface area contributed by atoms with Crippen molar-refractivity contribution in [3.8, 4) is 0 Å². The molecule has 0 unspecified atom stereocenters. The fourth-order valence-electron chi connectivity index (χ4n) is 2.11. The Balaban J connectivity index is 1.77. The minimum Gasteiger partial charge on any atom is -0.401 e. The molecule has 1 aromatic carbocycles. The Hall–Kier alpha value is -3.68. The van der Waals surface area contributed by atoms with Gasteiger partial charge in [-0.15, -0.1) is 0 Å². The highest BCUT2D eigenvalue weighted by atomic mass is 16.6. The molecule has 0 bridgehead atoms. The zero-order valence-corrected chi connectivity index (χ0v) is 12.2. The van der Waals surface area contributed by atoms with E-state index in [0.717, 1.165) is 5.01 Å². The van der Waals surface area contributed by atoms with Crippen LogP contribution in [0.4, 0.5) is 11.6 Å². The number of carbonyl (C=O) groups excluding carboxylic acids is 2. The van der Waals surface area contributed by atoms with Gasteiger partial charge in [-0.2, -0.15) is 0 Å².